The number of alkyl halides is 3. The van der Waals surface area contributed by atoms with Crippen LogP contribution in [-0.2, 0) is 0 Å². The van der Waals surface area contributed by atoms with Gasteiger partial charge in [-0.15, -0.1) is 0 Å². The maximum Gasteiger partial charge on any atom is 0.391 e. The van der Waals surface area contributed by atoms with Gasteiger partial charge in [0.15, 0.2) is 0 Å². The monoisotopic (exact) mass is 254 g/mol. The standard InChI is InChI=1S/C8H10ClF3N4/c1-4(3-8(10,11)12)14-6-2-5(9)15-7(13)16-6/h2,4H,3H2,1H3,(H3,13,14,15,16). The summed E-state index contributed by atoms with van der Waals surface area (Å²) in [5, 5.41) is 2.62. The van der Waals surface area contributed by atoms with Crippen molar-refractivity contribution >= 4 is 23.4 Å². The molecule has 0 radical (unpaired) electrons. The number of nitrogens with one attached hydrogen (secondary N) is 1. The number of rotatable bonds is 3. The van der Waals surface area contributed by atoms with Crippen LogP contribution >= 0.6 is 11.6 Å². The van der Waals surface area contributed by atoms with Gasteiger partial charge in [0.25, 0.3) is 0 Å². The molecule has 0 spiro atoms. The zero-order valence-corrected chi connectivity index (χ0v) is 9.10. The van der Waals surface area contributed by atoms with Gasteiger partial charge in [0, 0.05) is 12.1 Å². The predicted octanol–water partition coefficient (Wildman–Crippen LogP) is 2.46. The van der Waals surface area contributed by atoms with Crippen LogP contribution in [0.4, 0.5) is 24.9 Å². The van der Waals surface area contributed by atoms with Crippen LogP contribution in [0.15, 0.2) is 6.07 Å². The number of hydrogen-bond donors (Lipinski definition) is 2. The van der Waals surface area contributed by atoms with Crippen molar-refractivity contribution in [3.8, 4) is 0 Å². The summed E-state index contributed by atoms with van der Waals surface area (Å²) in [7, 11) is 0. The molecule has 0 fully saturated rings. The van der Waals surface area contributed by atoms with Crippen molar-refractivity contribution in [2.24, 2.45) is 0 Å². The zero-order chi connectivity index (χ0) is 12.3. The second-order valence-corrected chi connectivity index (χ2v) is 3.69. The average Bonchev–Trinajstić information content (AvgIpc) is 1.96. The Labute approximate surface area is 95.0 Å². The first-order valence-corrected chi connectivity index (χ1v) is 4.77. The number of anilines is 2. The Morgan fingerprint density at radius 3 is 2.62 bits per heavy atom. The van der Waals surface area contributed by atoms with E-state index < -0.39 is 18.6 Å². The number of halogens is 4. The van der Waals surface area contributed by atoms with Gasteiger partial charge in [-0.1, -0.05) is 11.6 Å². The molecule has 1 aromatic heterocycles. The Morgan fingerprint density at radius 1 is 1.50 bits per heavy atom. The van der Waals surface area contributed by atoms with E-state index in [1.807, 2.05) is 0 Å². The van der Waals surface area contributed by atoms with Crippen molar-refractivity contribution in [2.45, 2.75) is 25.6 Å². The van der Waals surface area contributed by atoms with Crippen LogP contribution in [0.5, 0.6) is 0 Å². The van der Waals surface area contributed by atoms with Gasteiger partial charge in [0.1, 0.15) is 11.0 Å². The molecule has 0 amide bonds. The summed E-state index contributed by atoms with van der Waals surface area (Å²) < 4.78 is 36.1. The fraction of sp³-hybridized carbons (Fsp3) is 0.500. The van der Waals surface area contributed by atoms with E-state index in [4.69, 9.17) is 17.3 Å². The summed E-state index contributed by atoms with van der Waals surface area (Å²) in [6.07, 6.45) is -5.19. The average molecular weight is 255 g/mol. The second kappa shape index (κ2) is 4.73. The van der Waals surface area contributed by atoms with Crippen LogP contribution in [0.25, 0.3) is 0 Å². The van der Waals surface area contributed by atoms with Crippen molar-refractivity contribution in [2.75, 3.05) is 11.1 Å². The molecule has 1 unspecified atom stereocenters. The number of nitrogens with two attached hydrogens (primary N) is 1. The molecule has 1 atom stereocenters. The van der Waals surface area contributed by atoms with Gasteiger partial charge in [-0.2, -0.15) is 18.2 Å². The van der Waals surface area contributed by atoms with Gasteiger partial charge >= 0.3 is 6.18 Å². The van der Waals surface area contributed by atoms with Crippen LogP contribution in [0.2, 0.25) is 5.15 Å². The maximum absolute atomic E-state index is 12.0. The lowest BCUT2D eigenvalue weighted by Gasteiger charge is -2.16. The van der Waals surface area contributed by atoms with E-state index in [1.54, 1.807) is 0 Å². The largest absolute Gasteiger partial charge is 0.391 e. The molecule has 0 aliphatic carbocycles. The van der Waals surface area contributed by atoms with E-state index in [-0.39, 0.29) is 16.9 Å². The van der Waals surface area contributed by atoms with Gasteiger partial charge < -0.3 is 11.1 Å². The molecule has 1 rings (SSSR count). The van der Waals surface area contributed by atoms with Crippen molar-refractivity contribution in [3.05, 3.63) is 11.2 Å². The molecule has 90 valence electrons. The van der Waals surface area contributed by atoms with Crippen LogP contribution in [-0.4, -0.2) is 22.2 Å². The Kier molecular flexibility index (Phi) is 3.79. The van der Waals surface area contributed by atoms with Crippen LogP contribution in [0, 0.1) is 0 Å². The quantitative estimate of drug-likeness (QED) is 0.814. The van der Waals surface area contributed by atoms with E-state index >= 15 is 0 Å². The second-order valence-electron chi connectivity index (χ2n) is 3.30. The smallest absolute Gasteiger partial charge is 0.368 e. The van der Waals surface area contributed by atoms with E-state index in [1.165, 1.54) is 13.0 Å². The molecule has 1 heterocycles. The molecule has 0 bridgehead atoms. The van der Waals surface area contributed by atoms with Crippen LogP contribution < -0.4 is 11.1 Å². The van der Waals surface area contributed by atoms with Crippen molar-refractivity contribution in [1.29, 1.82) is 0 Å². The number of aromatic nitrogens is 2. The summed E-state index contributed by atoms with van der Waals surface area (Å²) in [6, 6.07) is 0.496. The molecular formula is C8H10ClF3N4. The topological polar surface area (TPSA) is 63.8 Å². The lowest BCUT2D eigenvalue weighted by Crippen LogP contribution is -2.24. The predicted molar refractivity (Wildman–Crippen MR) is 55.2 cm³/mol. The lowest BCUT2D eigenvalue weighted by atomic mass is 10.2. The van der Waals surface area contributed by atoms with Crippen LogP contribution in [0.1, 0.15) is 13.3 Å². The highest BCUT2D eigenvalue weighted by Crippen LogP contribution is 2.23. The summed E-state index contributed by atoms with van der Waals surface area (Å²) in [5.74, 6) is 0.0865. The van der Waals surface area contributed by atoms with Gasteiger partial charge in [-0.05, 0) is 6.92 Å². The first-order chi connectivity index (χ1) is 7.26. The fourth-order valence-corrected chi connectivity index (χ4v) is 1.35. The number of nitrogens with zero attached hydrogens (tertiary/aromatic N) is 2. The van der Waals surface area contributed by atoms with Crippen molar-refractivity contribution in [1.82, 2.24) is 9.97 Å². The van der Waals surface area contributed by atoms with E-state index in [0.717, 1.165) is 0 Å². The Bertz CT molecular complexity index is 349. The number of nitrogen functional groups attached to an aromatic ring is 1. The minimum Gasteiger partial charge on any atom is -0.368 e. The fourth-order valence-electron chi connectivity index (χ4n) is 1.16. The minimum absolute atomic E-state index is 0.0780. The molecular weight excluding hydrogens is 245 g/mol. The number of hydrogen-bond acceptors (Lipinski definition) is 4. The molecule has 0 aliphatic heterocycles. The highest BCUT2D eigenvalue weighted by atomic mass is 35.5. The molecule has 0 aromatic carbocycles. The summed E-state index contributed by atoms with van der Waals surface area (Å²) >= 11 is 5.57. The molecule has 8 heteroatoms. The molecule has 3 N–H and O–H groups in total. The molecule has 0 saturated carbocycles. The van der Waals surface area contributed by atoms with Crippen molar-refractivity contribution in [3.63, 3.8) is 0 Å². The summed E-state index contributed by atoms with van der Waals surface area (Å²) in [6.45, 7) is 1.39. The first-order valence-electron chi connectivity index (χ1n) is 4.39. The summed E-state index contributed by atoms with van der Waals surface area (Å²) in [5.41, 5.74) is 5.29. The maximum atomic E-state index is 12.0. The third-order valence-electron chi connectivity index (χ3n) is 1.64. The van der Waals surface area contributed by atoms with Gasteiger partial charge in [-0.3, -0.25) is 0 Å². The van der Waals surface area contributed by atoms with E-state index in [9.17, 15) is 13.2 Å². The van der Waals surface area contributed by atoms with Gasteiger partial charge in [-0.25, -0.2) is 4.98 Å². The normalized spacial score (nSPS) is 13.6. The third kappa shape index (κ3) is 4.52. The van der Waals surface area contributed by atoms with Crippen LogP contribution in [0.3, 0.4) is 0 Å². The Hall–Kier alpha value is -1.24. The molecule has 0 aliphatic rings. The Balaban J connectivity index is 2.66. The zero-order valence-electron chi connectivity index (χ0n) is 8.35. The highest BCUT2D eigenvalue weighted by molar-refractivity contribution is 6.29. The lowest BCUT2D eigenvalue weighted by molar-refractivity contribution is -0.136. The third-order valence-corrected chi connectivity index (χ3v) is 1.84. The van der Waals surface area contributed by atoms with E-state index in [2.05, 4.69) is 15.3 Å². The minimum atomic E-state index is -4.23. The SMILES string of the molecule is CC(CC(F)(F)F)Nc1cc(Cl)nc(N)n1. The van der Waals surface area contributed by atoms with Gasteiger partial charge in [0.2, 0.25) is 5.95 Å². The molecule has 16 heavy (non-hydrogen) atoms. The summed E-state index contributed by atoms with van der Waals surface area (Å²) in [4.78, 5) is 7.29. The highest BCUT2D eigenvalue weighted by Gasteiger charge is 2.30. The first kappa shape index (κ1) is 12.8. The molecule has 0 saturated heterocycles. The molecule has 4 nitrogen and oxygen atoms in total. The molecule has 1 aromatic rings. The Morgan fingerprint density at radius 2 is 2.12 bits per heavy atom. The van der Waals surface area contributed by atoms with E-state index in [0.29, 0.717) is 0 Å². The van der Waals surface area contributed by atoms with Gasteiger partial charge in [0.05, 0.1) is 6.42 Å². The van der Waals surface area contributed by atoms with Crippen molar-refractivity contribution < 1.29 is 13.2 Å².